The van der Waals surface area contributed by atoms with Crippen LogP contribution in [0.2, 0.25) is 0 Å². The number of amides is 1. The van der Waals surface area contributed by atoms with Gasteiger partial charge in [-0.1, -0.05) is 0 Å². The van der Waals surface area contributed by atoms with Gasteiger partial charge in [0.2, 0.25) is 15.9 Å². The van der Waals surface area contributed by atoms with E-state index in [-0.39, 0.29) is 31.3 Å². The minimum absolute atomic E-state index is 0.108. The van der Waals surface area contributed by atoms with Gasteiger partial charge in [0.1, 0.15) is 16.5 Å². The summed E-state index contributed by atoms with van der Waals surface area (Å²) in [4.78, 5) is 24.9. The number of benzene rings is 1. The van der Waals surface area contributed by atoms with Crippen molar-refractivity contribution in [1.82, 2.24) is 19.5 Å². The maximum atomic E-state index is 14.6. The molecule has 1 amide bonds. The number of fused-ring (bicyclic) bond motifs is 1. The van der Waals surface area contributed by atoms with Crippen molar-refractivity contribution in [1.29, 1.82) is 0 Å². The quantitative estimate of drug-likeness (QED) is 0.704. The van der Waals surface area contributed by atoms with Gasteiger partial charge in [-0.25, -0.2) is 22.7 Å². The van der Waals surface area contributed by atoms with E-state index in [2.05, 4.69) is 20.5 Å². The highest BCUT2D eigenvalue weighted by Gasteiger charge is 2.34. The lowest BCUT2D eigenvalue weighted by Crippen LogP contribution is -2.39. The van der Waals surface area contributed by atoms with Crippen molar-refractivity contribution in [3.8, 4) is 0 Å². The Kier molecular flexibility index (Phi) is 4.35. The smallest absolute Gasteiger partial charge is 0.326 e. The Hall–Kier alpha value is -2.53. The topological polar surface area (TPSA) is 128 Å². The summed E-state index contributed by atoms with van der Waals surface area (Å²) in [7, 11) is -4.06. The van der Waals surface area contributed by atoms with Crippen LogP contribution in [0, 0.1) is 5.82 Å². The van der Waals surface area contributed by atoms with Crippen LogP contribution in [0.3, 0.4) is 0 Å². The summed E-state index contributed by atoms with van der Waals surface area (Å²) in [6.07, 6.45) is 1.84. The van der Waals surface area contributed by atoms with Crippen molar-refractivity contribution < 1.29 is 17.6 Å². The van der Waals surface area contributed by atoms with Gasteiger partial charge in [0.05, 0.1) is 0 Å². The molecule has 1 aromatic carbocycles. The predicted octanol–water partition coefficient (Wildman–Crippen LogP) is 0.690. The Morgan fingerprint density at radius 1 is 1.22 bits per heavy atom. The molecule has 1 atom stereocenters. The standard InChI is InChI=1S/C16H18FN5O4S/c17-11-7-12-9(3-4-14(23)18-12)6-13(11)27(25,26)22-5-1-2-10(8-22)15-19-16(24)21-20-15/h6-7,10H,1-5,8H2,(H,18,23)(H2,19,20,21,24). The maximum Gasteiger partial charge on any atom is 0.340 e. The van der Waals surface area contributed by atoms with Crippen LogP contribution in [0.1, 0.15) is 36.6 Å². The molecule has 4 rings (SSSR count). The monoisotopic (exact) mass is 395 g/mol. The number of hydrogen-bond donors (Lipinski definition) is 3. The molecule has 1 unspecified atom stereocenters. The Morgan fingerprint density at radius 2 is 2.04 bits per heavy atom. The van der Waals surface area contributed by atoms with Gasteiger partial charge in [0.25, 0.3) is 0 Å². The number of halogens is 1. The molecule has 2 aliphatic heterocycles. The molecule has 0 spiro atoms. The van der Waals surface area contributed by atoms with Crippen LogP contribution in [-0.4, -0.2) is 46.9 Å². The summed E-state index contributed by atoms with van der Waals surface area (Å²) in [5.41, 5.74) is 0.459. The van der Waals surface area contributed by atoms with Gasteiger partial charge >= 0.3 is 5.69 Å². The second-order valence-corrected chi connectivity index (χ2v) is 8.66. The number of aromatic amines is 2. The van der Waals surface area contributed by atoms with Crippen molar-refractivity contribution in [3.05, 3.63) is 39.8 Å². The number of rotatable bonds is 3. The highest BCUT2D eigenvalue weighted by molar-refractivity contribution is 7.89. The molecule has 0 saturated carbocycles. The van der Waals surface area contributed by atoms with Crippen molar-refractivity contribution >= 4 is 21.6 Å². The number of piperidine rings is 1. The predicted molar refractivity (Wildman–Crippen MR) is 93.3 cm³/mol. The Labute approximate surface area is 154 Å². The van der Waals surface area contributed by atoms with E-state index >= 15 is 0 Å². The lowest BCUT2D eigenvalue weighted by atomic mass is 9.99. The van der Waals surface area contributed by atoms with E-state index in [1.807, 2.05) is 0 Å². The summed E-state index contributed by atoms with van der Waals surface area (Å²) >= 11 is 0. The molecule has 1 fully saturated rings. The number of aryl methyl sites for hydroxylation is 1. The van der Waals surface area contributed by atoms with Gasteiger partial charge in [-0.05, 0) is 37.0 Å². The fourth-order valence-corrected chi connectivity index (χ4v) is 5.20. The average Bonchev–Trinajstić information content (AvgIpc) is 3.07. The average molecular weight is 395 g/mol. The number of nitrogens with one attached hydrogen (secondary N) is 3. The first-order valence-electron chi connectivity index (χ1n) is 8.61. The molecule has 0 radical (unpaired) electrons. The summed E-state index contributed by atoms with van der Waals surface area (Å²) in [5, 5.41) is 8.71. The minimum atomic E-state index is -4.06. The van der Waals surface area contributed by atoms with Crippen molar-refractivity contribution in [2.75, 3.05) is 18.4 Å². The van der Waals surface area contributed by atoms with Crippen LogP contribution < -0.4 is 11.0 Å². The van der Waals surface area contributed by atoms with E-state index in [1.165, 1.54) is 10.4 Å². The van der Waals surface area contributed by atoms with E-state index in [0.29, 0.717) is 36.3 Å². The molecule has 144 valence electrons. The number of carbonyl (C=O) groups is 1. The summed E-state index contributed by atoms with van der Waals surface area (Å²) < 4.78 is 41.9. The molecular weight excluding hydrogens is 377 g/mol. The van der Waals surface area contributed by atoms with Gasteiger partial charge in [0.15, 0.2) is 0 Å². The number of nitrogens with zero attached hydrogens (tertiary/aromatic N) is 2. The second-order valence-electron chi connectivity index (χ2n) is 6.75. The SMILES string of the molecule is O=C1CCc2cc(S(=O)(=O)N3CCCC(c4n[nH]c(=O)[nH]4)C3)c(F)cc2N1. The lowest BCUT2D eigenvalue weighted by Gasteiger charge is -2.31. The summed E-state index contributed by atoms with van der Waals surface area (Å²) in [6.45, 7) is 0.372. The van der Waals surface area contributed by atoms with Crippen LogP contribution in [0.5, 0.6) is 0 Å². The third kappa shape index (κ3) is 3.28. The molecule has 27 heavy (non-hydrogen) atoms. The molecule has 1 saturated heterocycles. The number of anilines is 1. The zero-order valence-electron chi connectivity index (χ0n) is 14.3. The number of hydrogen-bond acceptors (Lipinski definition) is 5. The fraction of sp³-hybridized carbons (Fsp3) is 0.438. The normalized spacial score (nSPS) is 20.9. The third-order valence-corrected chi connectivity index (χ3v) is 6.84. The van der Waals surface area contributed by atoms with Crippen molar-refractivity contribution in [2.45, 2.75) is 36.5 Å². The Balaban J connectivity index is 1.65. The van der Waals surface area contributed by atoms with Gasteiger partial charge < -0.3 is 5.32 Å². The summed E-state index contributed by atoms with van der Waals surface area (Å²) in [6, 6.07) is 2.37. The number of sulfonamides is 1. The maximum absolute atomic E-state index is 14.6. The first kappa shape index (κ1) is 17.9. The minimum Gasteiger partial charge on any atom is -0.326 e. The van der Waals surface area contributed by atoms with E-state index in [0.717, 1.165) is 6.07 Å². The first-order chi connectivity index (χ1) is 12.8. The number of aromatic nitrogens is 3. The molecule has 0 aliphatic carbocycles. The van der Waals surface area contributed by atoms with Gasteiger partial charge in [-0.3, -0.25) is 9.78 Å². The van der Waals surface area contributed by atoms with Gasteiger partial charge in [-0.2, -0.15) is 9.40 Å². The molecule has 0 bridgehead atoms. The molecule has 3 heterocycles. The van der Waals surface area contributed by atoms with Crippen LogP contribution in [0.4, 0.5) is 10.1 Å². The zero-order valence-corrected chi connectivity index (χ0v) is 15.1. The van der Waals surface area contributed by atoms with E-state index in [9.17, 15) is 22.4 Å². The highest BCUT2D eigenvalue weighted by atomic mass is 32.2. The third-order valence-electron chi connectivity index (χ3n) is 4.96. The molecule has 11 heteroatoms. The van der Waals surface area contributed by atoms with Gasteiger partial charge in [-0.15, -0.1) is 0 Å². The second kappa shape index (κ2) is 6.57. The highest BCUT2D eigenvalue weighted by Crippen LogP contribution is 2.32. The summed E-state index contributed by atoms with van der Waals surface area (Å²) in [5.74, 6) is -0.989. The molecule has 3 N–H and O–H groups in total. The fourth-order valence-electron chi connectivity index (χ4n) is 3.58. The van der Waals surface area contributed by atoms with Crippen molar-refractivity contribution in [3.63, 3.8) is 0 Å². The van der Waals surface area contributed by atoms with Gasteiger partial charge in [0, 0.05) is 31.1 Å². The molecular formula is C16H18FN5O4S. The molecule has 2 aliphatic rings. The van der Waals surface area contributed by atoms with E-state index < -0.39 is 26.4 Å². The number of H-pyrrole nitrogens is 2. The largest absolute Gasteiger partial charge is 0.340 e. The molecule has 1 aromatic heterocycles. The van der Waals surface area contributed by atoms with Crippen LogP contribution in [0.15, 0.2) is 21.8 Å². The van der Waals surface area contributed by atoms with Crippen LogP contribution in [0.25, 0.3) is 0 Å². The molecule has 2 aromatic rings. The Morgan fingerprint density at radius 3 is 2.78 bits per heavy atom. The Bertz CT molecular complexity index is 1060. The van der Waals surface area contributed by atoms with E-state index in [1.54, 1.807) is 0 Å². The lowest BCUT2D eigenvalue weighted by molar-refractivity contribution is -0.116. The van der Waals surface area contributed by atoms with E-state index in [4.69, 9.17) is 0 Å². The van der Waals surface area contributed by atoms with Crippen LogP contribution in [-0.2, 0) is 21.2 Å². The first-order valence-corrected chi connectivity index (χ1v) is 10.1. The molecule has 9 nitrogen and oxygen atoms in total. The number of carbonyl (C=O) groups excluding carboxylic acids is 1. The van der Waals surface area contributed by atoms with Crippen molar-refractivity contribution in [2.24, 2.45) is 0 Å². The zero-order chi connectivity index (χ0) is 19.2. The van der Waals surface area contributed by atoms with Crippen LogP contribution >= 0.6 is 0 Å².